The Bertz CT molecular complexity index is 728. The molecule has 1 atom stereocenters. The molecule has 1 aliphatic rings. The van der Waals surface area contributed by atoms with E-state index in [4.69, 9.17) is 0 Å². The summed E-state index contributed by atoms with van der Waals surface area (Å²) >= 11 is 1.38. The number of benzene rings is 1. The number of aryl methyl sites for hydroxylation is 1. The molecule has 1 aliphatic heterocycles. The first-order valence-electron chi connectivity index (χ1n) is 7.56. The van der Waals surface area contributed by atoms with Crippen molar-refractivity contribution in [3.05, 3.63) is 40.4 Å². The van der Waals surface area contributed by atoms with Crippen molar-refractivity contribution < 1.29 is 9.59 Å². The molecule has 23 heavy (non-hydrogen) atoms. The van der Waals surface area contributed by atoms with Crippen LogP contribution in [0.15, 0.2) is 24.3 Å². The predicted molar refractivity (Wildman–Crippen MR) is 88.3 cm³/mol. The molecule has 6 nitrogen and oxygen atoms in total. The van der Waals surface area contributed by atoms with E-state index in [1.54, 1.807) is 0 Å². The number of carbonyl (C=O) groups excluding carboxylic acids is 2. The van der Waals surface area contributed by atoms with Crippen LogP contribution < -0.4 is 10.6 Å². The van der Waals surface area contributed by atoms with Gasteiger partial charge in [-0.15, -0.1) is 10.2 Å². The van der Waals surface area contributed by atoms with Crippen molar-refractivity contribution in [3.8, 4) is 0 Å². The second-order valence-corrected chi connectivity index (χ2v) is 6.72. The molecular formula is C16H18N4O2S. The highest BCUT2D eigenvalue weighted by molar-refractivity contribution is 7.15. The number of amides is 2. The van der Waals surface area contributed by atoms with Crippen LogP contribution in [-0.2, 0) is 16.0 Å². The van der Waals surface area contributed by atoms with Crippen LogP contribution in [0.25, 0.3) is 0 Å². The Morgan fingerprint density at radius 1 is 1.39 bits per heavy atom. The normalized spacial score (nSPS) is 17.1. The van der Waals surface area contributed by atoms with Crippen LogP contribution in [0.4, 0.5) is 5.13 Å². The zero-order valence-electron chi connectivity index (χ0n) is 12.8. The lowest BCUT2D eigenvalue weighted by Crippen LogP contribution is -2.29. The zero-order chi connectivity index (χ0) is 16.2. The summed E-state index contributed by atoms with van der Waals surface area (Å²) in [6.45, 7) is 2.06. The van der Waals surface area contributed by atoms with E-state index in [0.29, 0.717) is 24.4 Å². The maximum atomic E-state index is 12.0. The third-order valence-corrected chi connectivity index (χ3v) is 4.67. The van der Waals surface area contributed by atoms with Gasteiger partial charge in [0.2, 0.25) is 16.9 Å². The van der Waals surface area contributed by atoms with Gasteiger partial charge in [-0.25, -0.2) is 0 Å². The number of nitrogens with one attached hydrogen (secondary N) is 2. The number of rotatable bonds is 5. The van der Waals surface area contributed by atoms with E-state index in [1.807, 2.05) is 12.1 Å². The highest BCUT2D eigenvalue weighted by atomic mass is 32.1. The fraction of sp³-hybridized carbons (Fsp3) is 0.375. The van der Waals surface area contributed by atoms with Crippen molar-refractivity contribution in [2.75, 3.05) is 5.32 Å². The summed E-state index contributed by atoms with van der Waals surface area (Å²) in [6, 6.07) is 8.07. The lowest BCUT2D eigenvalue weighted by Gasteiger charge is -2.08. The van der Waals surface area contributed by atoms with Crippen molar-refractivity contribution in [3.63, 3.8) is 0 Å². The van der Waals surface area contributed by atoms with Gasteiger partial charge in [-0.05, 0) is 24.5 Å². The van der Waals surface area contributed by atoms with Crippen LogP contribution in [-0.4, -0.2) is 28.1 Å². The summed E-state index contributed by atoms with van der Waals surface area (Å²) in [5.41, 5.74) is 2.42. The number of hydrogen-bond acceptors (Lipinski definition) is 5. The van der Waals surface area contributed by atoms with Gasteiger partial charge in [-0.1, -0.05) is 35.6 Å². The summed E-state index contributed by atoms with van der Waals surface area (Å²) in [5, 5.41) is 15.1. The molecule has 0 unspecified atom stereocenters. The first-order valence-corrected chi connectivity index (χ1v) is 8.38. The summed E-state index contributed by atoms with van der Waals surface area (Å²) in [6.07, 6.45) is 2.19. The highest BCUT2D eigenvalue weighted by Gasteiger charge is 2.23. The second kappa shape index (κ2) is 6.87. The molecule has 1 aromatic carbocycles. The highest BCUT2D eigenvalue weighted by Crippen LogP contribution is 2.20. The minimum Gasteiger partial charge on any atom is -0.353 e. The van der Waals surface area contributed by atoms with Gasteiger partial charge >= 0.3 is 0 Å². The zero-order valence-corrected chi connectivity index (χ0v) is 13.7. The maximum absolute atomic E-state index is 12.0. The van der Waals surface area contributed by atoms with Gasteiger partial charge in [-0.2, -0.15) is 0 Å². The Kier molecular flexibility index (Phi) is 4.66. The number of anilines is 1. The van der Waals surface area contributed by atoms with Gasteiger partial charge in [0.1, 0.15) is 5.01 Å². The molecule has 0 spiro atoms. The van der Waals surface area contributed by atoms with Crippen molar-refractivity contribution in [2.45, 2.75) is 38.6 Å². The summed E-state index contributed by atoms with van der Waals surface area (Å²) in [4.78, 5) is 23.1. The molecular weight excluding hydrogens is 312 g/mol. The summed E-state index contributed by atoms with van der Waals surface area (Å²) in [7, 11) is 0. The molecule has 7 heteroatoms. The van der Waals surface area contributed by atoms with Gasteiger partial charge in [0.05, 0.1) is 0 Å². The Labute approximate surface area is 138 Å². The molecule has 0 radical (unpaired) electrons. The smallest absolute Gasteiger partial charge is 0.228 e. The van der Waals surface area contributed by atoms with Gasteiger partial charge in [0, 0.05) is 25.3 Å². The molecule has 2 aromatic rings. The maximum Gasteiger partial charge on any atom is 0.228 e. The molecule has 0 saturated carbocycles. The van der Waals surface area contributed by atoms with Crippen LogP contribution in [0.5, 0.6) is 0 Å². The van der Waals surface area contributed by atoms with E-state index in [0.717, 1.165) is 5.01 Å². The molecule has 2 N–H and O–H groups in total. The largest absolute Gasteiger partial charge is 0.353 e. The quantitative estimate of drug-likeness (QED) is 0.879. The molecule has 3 rings (SSSR count). The van der Waals surface area contributed by atoms with Crippen molar-refractivity contribution in [1.82, 2.24) is 15.5 Å². The number of hydrogen-bond donors (Lipinski definition) is 2. The standard InChI is InChI=1S/C16H18N4O2S/c1-10-4-2-3-5-11(10)8-15-19-20-16(23-15)18-14(22)9-12-6-7-13(21)17-12/h2-5,12H,6-9H2,1H3,(H,17,21)(H,18,20,22)/t12-/m1/s1. The van der Waals surface area contributed by atoms with Crippen LogP contribution in [0.1, 0.15) is 35.4 Å². The van der Waals surface area contributed by atoms with Crippen molar-refractivity contribution in [1.29, 1.82) is 0 Å². The van der Waals surface area contributed by atoms with Crippen LogP contribution >= 0.6 is 11.3 Å². The first kappa shape index (κ1) is 15.6. The van der Waals surface area contributed by atoms with Crippen LogP contribution in [0.2, 0.25) is 0 Å². The van der Waals surface area contributed by atoms with Crippen molar-refractivity contribution in [2.24, 2.45) is 0 Å². The average molecular weight is 330 g/mol. The van der Waals surface area contributed by atoms with E-state index >= 15 is 0 Å². The lowest BCUT2D eigenvalue weighted by atomic mass is 10.1. The van der Waals surface area contributed by atoms with E-state index < -0.39 is 0 Å². The summed E-state index contributed by atoms with van der Waals surface area (Å²) in [5.74, 6) is -0.130. The Morgan fingerprint density at radius 3 is 2.96 bits per heavy atom. The minimum atomic E-state index is -0.143. The van der Waals surface area contributed by atoms with Crippen LogP contribution in [0.3, 0.4) is 0 Å². The number of nitrogens with zero attached hydrogens (tertiary/aromatic N) is 2. The molecule has 0 aliphatic carbocycles. The van der Waals surface area contributed by atoms with Crippen molar-refractivity contribution >= 4 is 28.3 Å². The molecule has 120 valence electrons. The molecule has 0 bridgehead atoms. The molecule has 2 heterocycles. The predicted octanol–water partition coefficient (Wildman–Crippen LogP) is 2.04. The summed E-state index contributed by atoms with van der Waals surface area (Å²) < 4.78 is 0. The monoisotopic (exact) mass is 330 g/mol. The fourth-order valence-electron chi connectivity index (χ4n) is 2.57. The molecule has 1 aromatic heterocycles. The van der Waals surface area contributed by atoms with E-state index in [1.165, 1.54) is 22.5 Å². The van der Waals surface area contributed by atoms with Gasteiger partial charge in [-0.3, -0.25) is 9.59 Å². The Balaban J connectivity index is 1.56. The van der Waals surface area contributed by atoms with E-state index in [2.05, 4.69) is 39.9 Å². The van der Waals surface area contributed by atoms with Gasteiger partial charge in [0.25, 0.3) is 0 Å². The molecule has 1 fully saturated rings. The third-order valence-electron chi connectivity index (χ3n) is 3.83. The molecule has 2 amide bonds. The third kappa shape index (κ3) is 4.13. The van der Waals surface area contributed by atoms with E-state index in [9.17, 15) is 9.59 Å². The fourth-order valence-corrected chi connectivity index (χ4v) is 3.35. The van der Waals surface area contributed by atoms with Gasteiger partial charge < -0.3 is 10.6 Å². The average Bonchev–Trinajstić information content (AvgIpc) is 3.11. The number of aromatic nitrogens is 2. The van der Waals surface area contributed by atoms with Crippen LogP contribution in [0, 0.1) is 6.92 Å². The SMILES string of the molecule is Cc1ccccc1Cc1nnc(NC(=O)C[C@H]2CCC(=O)N2)s1. The Morgan fingerprint density at radius 2 is 2.22 bits per heavy atom. The first-order chi connectivity index (χ1) is 11.1. The topological polar surface area (TPSA) is 84.0 Å². The van der Waals surface area contributed by atoms with E-state index in [-0.39, 0.29) is 24.3 Å². The minimum absolute atomic E-state index is 0.0132. The lowest BCUT2D eigenvalue weighted by molar-refractivity contribution is -0.119. The van der Waals surface area contributed by atoms with Gasteiger partial charge in [0.15, 0.2) is 0 Å². The second-order valence-electron chi connectivity index (χ2n) is 5.66. The molecule has 1 saturated heterocycles. The Hall–Kier alpha value is -2.28. The number of carbonyl (C=O) groups is 2.